The van der Waals surface area contributed by atoms with E-state index < -0.39 is 97.5 Å². The highest BCUT2D eigenvalue weighted by atomic mass is 31.2. The maximum Gasteiger partial charge on any atom is 0.472 e. The van der Waals surface area contributed by atoms with Crippen LogP contribution >= 0.6 is 15.6 Å². The van der Waals surface area contributed by atoms with Crippen molar-refractivity contribution in [2.75, 3.05) is 39.6 Å². The fourth-order valence-corrected chi connectivity index (χ4v) is 12.2. The molecule has 92 heavy (non-hydrogen) atoms. The third-order valence-electron chi connectivity index (χ3n) is 16.3. The first-order valence-electron chi connectivity index (χ1n) is 37.3. The van der Waals surface area contributed by atoms with E-state index in [9.17, 15) is 43.2 Å². The highest BCUT2D eigenvalue weighted by Crippen LogP contribution is 2.45. The lowest BCUT2D eigenvalue weighted by atomic mass is 10.0. The van der Waals surface area contributed by atoms with Crippen molar-refractivity contribution >= 4 is 39.5 Å². The van der Waals surface area contributed by atoms with E-state index in [1.54, 1.807) is 0 Å². The summed E-state index contributed by atoms with van der Waals surface area (Å²) >= 11 is 0. The zero-order valence-corrected chi connectivity index (χ0v) is 61.1. The zero-order valence-electron chi connectivity index (χ0n) is 59.3. The van der Waals surface area contributed by atoms with Crippen LogP contribution < -0.4 is 0 Å². The summed E-state index contributed by atoms with van der Waals surface area (Å²) in [4.78, 5) is 72.6. The van der Waals surface area contributed by atoms with Gasteiger partial charge in [-0.2, -0.15) is 0 Å². The lowest BCUT2D eigenvalue weighted by molar-refractivity contribution is -0.161. The quantitative estimate of drug-likeness (QED) is 0.0169. The molecule has 0 saturated heterocycles. The predicted molar refractivity (Wildman–Crippen MR) is 372 cm³/mol. The smallest absolute Gasteiger partial charge is 0.462 e. The van der Waals surface area contributed by atoms with Crippen molar-refractivity contribution in [3.05, 3.63) is 24.3 Å². The molecule has 3 N–H and O–H groups in total. The Hall–Kier alpha value is -2.46. The molecule has 0 amide bonds. The molecule has 0 radical (unpaired) electrons. The summed E-state index contributed by atoms with van der Waals surface area (Å²) in [6.07, 6.45) is 53.5. The lowest BCUT2D eigenvalue weighted by Crippen LogP contribution is -2.30. The number of carbonyl (C=O) groups excluding carboxylic acids is 4. The maximum atomic E-state index is 13.0. The number of aliphatic hydroxyl groups excluding tert-OH is 1. The summed E-state index contributed by atoms with van der Waals surface area (Å²) in [5, 5.41) is 10.6. The van der Waals surface area contributed by atoms with Crippen LogP contribution in [-0.4, -0.2) is 96.7 Å². The molecule has 0 spiro atoms. The highest BCUT2D eigenvalue weighted by Gasteiger charge is 2.30. The molecule has 0 fully saturated rings. The molecule has 19 heteroatoms. The Labute approximate surface area is 561 Å². The number of phosphoric ester groups is 2. The average molecular weight is 1350 g/mol. The number of phosphoric acid groups is 2. The molecule has 0 aromatic heterocycles. The largest absolute Gasteiger partial charge is 0.472 e. The average Bonchev–Trinajstić information content (AvgIpc) is 1.58. The molecule has 0 heterocycles. The molecule has 0 saturated carbocycles. The van der Waals surface area contributed by atoms with Crippen LogP contribution in [0.5, 0.6) is 0 Å². The van der Waals surface area contributed by atoms with Gasteiger partial charge in [0.1, 0.15) is 19.3 Å². The van der Waals surface area contributed by atoms with Crippen molar-refractivity contribution in [1.29, 1.82) is 0 Å². The molecule has 5 atom stereocenters. The number of aliphatic hydroxyl groups is 1. The highest BCUT2D eigenvalue weighted by molar-refractivity contribution is 7.47. The lowest BCUT2D eigenvalue weighted by Gasteiger charge is -2.21. The van der Waals surface area contributed by atoms with Gasteiger partial charge in [0.25, 0.3) is 0 Å². The summed E-state index contributed by atoms with van der Waals surface area (Å²) in [6, 6.07) is 0. The first-order valence-corrected chi connectivity index (χ1v) is 40.3. The number of carbonyl (C=O) groups is 4. The van der Waals surface area contributed by atoms with Crippen LogP contribution in [0.15, 0.2) is 24.3 Å². The number of ether oxygens (including phenoxy) is 4. The van der Waals surface area contributed by atoms with Gasteiger partial charge < -0.3 is 33.8 Å². The van der Waals surface area contributed by atoms with Gasteiger partial charge in [-0.25, -0.2) is 9.13 Å². The number of rotatable bonds is 70. The van der Waals surface area contributed by atoms with Gasteiger partial charge in [0, 0.05) is 25.7 Å². The number of unbranched alkanes of at least 4 members (excludes halogenated alkanes) is 37. The predicted octanol–water partition coefficient (Wildman–Crippen LogP) is 20.7. The van der Waals surface area contributed by atoms with Crippen LogP contribution in [-0.2, 0) is 65.4 Å². The second-order valence-corrected chi connectivity index (χ2v) is 29.5. The van der Waals surface area contributed by atoms with Crippen LogP contribution in [0.2, 0.25) is 0 Å². The maximum absolute atomic E-state index is 13.0. The number of esters is 4. The van der Waals surface area contributed by atoms with Gasteiger partial charge in [0.15, 0.2) is 12.2 Å². The molecule has 542 valence electrons. The van der Waals surface area contributed by atoms with Crippen molar-refractivity contribution in [2.24, 2.45) is 11.8 Å². The van der Waals surface area contributed by atoms with E-state index in [4.69, 9.17) is 37.0 Å². The summed E-state index contributed by atoms with van der Waals surface area (Å²) < 4.78 is 68.3. The van der Waals surface area contributed by atoms with Gasteiger partial charge in [0.05, 0.1) is 26.4 Å². The molecular weight excluding hydrogens is 1210 g/mol. The molecular formula is C73H138O17P2. The van der Waals surface area contributed by atoms with Gasteiger partial charge in [-0.1, -0.05) is 297 Å². The van der Waals surface area contributed by atoms with Crippen LogP contribution in [0, 0.1) is 11.8 Å². The Morgan fingerprint density at radius 3 is 0.891 bits per heavy atom. The normalized spacial score (nSPS) is 14.2. The SMILES string of the molecule is CCCCCC/C=C\C=C/CCCCCCCC(=O)O[C@H](COC(=O)CCCCCCCCCCCCCCCC)COP(=O)(O)OC[C@@H](O)COP(=O)(O)OC[C@@H](COC(=O)CCCCCCCCCC(C)C)OC(=O)CCCCCCCCCCCCC(C)C. The summed E-state index contributed by atoms with van der Waals surface area (Å²) in [6.45, 7) is 9.44. The molecule has 0 aromatic carbocycles. The Morgan fingerprint density at radius 2 is 0.587 bits per heavy atom. The Kier molecular flexibility index (Phi) is 62.8. The van der Waals surface area contributed by atoms with E-state index >= 15 is 0 Å². The van der Waals surface area contributed by atoms with Crippen molar-refractivity contribution in [3.8, 4) is 0 Å². The van der Waals surface area contributed by atoms with E-state index in [-0.39, 0.29) is 25.7 Å². The summed E-state index contributed by atoms with van der Waals surface area (Å²) in [5.41, 5.74) is 0. The van der Waals surface area contributed by atoms with Crippen LogP contribution in [0.25, 0.3) is 0 Å². The summed E-state index contributed by atoms with van der Waals surface area (Å²) in [5.74, 6) is -0.697. The monoisotopic (exact) mass is 1350 g/mol. The van der Waals surface area contributed by atoms with E-state index in [0.29, 0.717) is 31.6 Å². The molecule has 0 aliphatic rings. The molecule has 0 bridgehead atoms. The van der Waals surface area contributed by atoms with Gasteiger partial charge >= 0.3 is 39.5 Å². The van der Waals surface area contributed by atoms with Crippen LogP contribution in [0.4, 0.5) is 0 Å². The van der Waals surface area contributed by atoms with E-state index in [2.05, 4.69) is 65.8 Å². The molecule has 0 aromatic rings. The first-order chi connectivity index (χ1) is 44.4. The van der Waals surface area contributed by atoms with Gasteiger partial charge in [-0.15, -0.1) is 0 Å². The summed E-state index contributed by atoms with van der Waals surface area (Å²) in [7, 11) is -9.92. The number of hydrogen-bond acceptors (Lipinski definition) is 15. The molecule has 2 unspecified atom stereocenters. The number of allylic oxidation sites excluding steroid dienone is 4. The Bertz CT molecular complexity index is 1880. The zero-order chi connectivity index (χ0) is 67.9. The van der Waals surface area contributed by atoms with E-state index in [0.717, 1.165) is 115 Å². The minimum Gasteiger partial charge on any atom is -0.462 e. The van der Waals surface area contributed by atoms with Crippen LogP contribution in [0.3, 0.4) is 0 Å². The Balaban J connectivity index is 5.29. The van der Waals surface area contributed by atoms with Gasteiger partial charge in [0.2, 0.25) is 0 Å². The number of hydrogen-bond donors (Lipinski definition) is 3. The van der Waals surface area contributed by atoms with E-state index in [1.807, 2.05) is 0 Å². The molecule has 0 aliphatic heterocycles. The minimum absolute atomic E-state index is 0.0852. The second kappa shape index (κ2) is 64.5. The molecule has 17 nitrogen and oxygen atoms in total. The van der Waals surface area contributed by atoms with Crippen LogP contribution in [0.1, 0.15) is 350 Å². The Morgan fingerprint density at radius 1 is 0.337 bits per heavy atom. The topological polar surface area (TPSA) is 237 Å². The third kappa shape index (κ3) is 66.2. The van der Waals surface area contributed by atoms with Gasteiger partial charge in [-0.05, 0) is 63.2 Å². The molecule has 0 rings (SSSR count). The second-order valence-electron chi connectivity index (χ2n) is 26.6. The van der Waals surface area contributed by atoms with Crippen molar-refractivity contribution in [2.45, 2.75) is 368 Å². The third-order valence-corrected chi connectivity index (χ3v) is 18.2. The standard InChI is InChI=1S/C73H138O17P2/c1-7-9-11-13-15-17-19-21-23-25-27-32-38-45-51-57-72(77)89-68(61-83-70(75)55-49-43-37-31-26-24-22-20-18-16-14-12-10-8-2)63-87-91(79,80)85-59-67(74)60-86-92(81,82)88-64-69(62-84-71(76)56-50-44-40-34-36-42-48-54-66(5)6)90-73(78)58-52-46-39-33-29-28-30-35-41-47-53-65(3)4/h17,19,21,23,65-69,74H,7-16,18,20,22,24-64H2,1-6H3,(H,79,80)(H,81,82)/b19-17-,23-21-/t67-,68-,69-/m1/s1. The van der Waals surface area contributed by atoms with Crippen molar-refractivity contribution < 1.29 is 80.2 Å². The fraction of sp³-hybridized carbons (Fsp3) is 0.890. The minimum atomic E-state index is -4.96. The van der Waals surface area contributed by atoms with Crippen molar-refractivity contribution in [3.63, 3.8) is 0 Å². The van der Waals surface area contributed by atoms with Crippen molar-refractivity contribution in [1.82, 2.24) is 0 Å². The van der Waals surface area contributed by atoms with Gasteiger partial charge in [-0.3, -0.25) is 37.3 Å². The fourth-order valence-electron chi connectivity index (χ4n) is 10.6. The van der Waals surface area contributed by atoms with E-state index in [1.165, 1.54) is 148 Å². The first kappa shape index (κ1) is 89.5. The molecule has 0 aliphatic carbocycles.